The van der Waals surface area contributed by atoms with E-state index >= 15 is 0 Å². The lowest BCUT2D eigenvalue weighted by Crippen LogP contribution is -2.37. The number of nitrogens with zero attached hydrogens (tertiary/aromatic N) is 1. The summed E-state index contributed by atoms with van der Waals surface area (Å²) in [5.74, 6) is -0.176. The summed E-state index contributed by atoms with van der Waals surface area (Å²) in [5, 5.41) is 0. The molecule has 0 radical (unpaired) electrons. The van der Waals surface area contributed by atoms with E-state index in [1.165, 1.54) is 18.2 Å². The number of aryl methyl sites for hydroxylation is 1. The molecule has 0 spiro atoms. The van der Waals surface area contributed by atoms with Crippen LogP contribution in [-0.2, 0) is 16.1 Å². The second kappa shape index (κ2) is 6.53. The molecule has 0 heterocycles. The molecule has 0 aromatic heterocycles. The minimum Gasteiger partial charge on any atom is -0.469 e. The molecule has 0 saturated carbocycles. The van der Waals surface area contributed by atoms with Crippen molar-refractivity contribution >= 4 is 21.9 Å². The Bertz CT molecular complexity index is 457. The first kappa shape index (κ1) is 16.2. The van der Waals surface area contributed by atoms with Crippen molar-refractivity contribution in [2.75, 3.05) is 20.7 Å². The molecule has 0 aliphatic heterocycles. The van der Waals surface area contributed by atoms with Gasteiger partial charge in [0, 0.05) is 17.6 Å². The molecule has 0 bridgehead atoms. The molecule has 0 fully saturated rings. The number of carbonyl (C=O) groups excluding carboxylic acids is 1. The predicted octanol–water partition coefficient (Wildman–Crippen LogP) is 3.39. The standard InChI is InChI=1S/C15H22BrNO2/c1-11-6-7-13(16)8-12(11)9-17(4)10-15(2,3)14(18)19-5/h6-8H,9-10H2,1-5H3. The number of halogens is 1. The molecular formula is C15H22BrNO2. The lowest BCUT2D eigenvalue weighted by atomic mass is 9.93. The Kier molecular flexibility index (Phi) is 5.56. The van der Waals surface area contributed by atoms with Crippen LogP contribution in [-0.4, -0.2) is 31.6 Å². The number of methoxy groups -OCH3 is 1. The van der Waals surface area contributed by atoms with Crippen LogP contribution >= 0.6 is 15.9 Å². The van der Waals surface area contributed by atoms with Gasteiger partial charge in [0.25, 0.3) is 0 Å². The Morgan fingerprint density at radius 3 is 2.63 bits per heavy atom. The summed E-state index contributed by atoms with van der Waals surface area (Å²) in [6.07, 6.45) is 0. The second-order valence-electron chi connectivity index (χ2n) is 5.62. The van der Waals surface area contributed by atoms with Gasteiger partial charge < -0.3 is 9.64 Å². The van der Waals surface area contributed by atoms with Crippen molar-refractivity contribution in [3.05, 3.63) is 33.8 Å². The highest BCUT2D eigenvalue weighted by Crippen LogP contribution is 2.21. The van der Waals surface area contributed by atoms with Gasteiger partial charge in [0.15, 0.2) is 0 Å². The topological polar surface area (TPSA) is 29.5 Å². The number of carbonyl (C=O) groups is 1. The summed E-state index contributed by atoms with van der Waals surface area (Å²) >= 11 is 3.49. The fraction of sp³-hybridized carbons (Fsp3) is 0.533. The molecule has 0 amide bonds. The molecule has 0 aliphatic carbocycles. The highest BCUT2D eigenvalue weighted by atomic mass is 79.9. The van der Waals surface area contributed by atoms with E-state index < -0.39 is 5.41 Å². The average Bonchev–Trinajstić information content (AvgIpc) is 2.32. The quantitative estimate of drug-likeness (QED) is 0.776. The van der Waals surface area contributed by atoms with E-state index in [4.69, 9.17) is 4.74 Å². The lowest BCUT2D eigenvalue weighted by molar-refractivity contribution is -0.151. The zero-order valence-corrected chi connectivity index (χ0v) is 13.9. The van der Waals surface area contributed by atoms with Crippen LogP contribution in [0.5, 0.6) is 0 Å². The van der Waals surface area contributed by atoms with Crippen molar-refractivity contribution in [2.24, 2.45) is 5.41 Å². The average molecular weight is 328 g/mol. The van der Waals surface area contributed by atoms with E-state index in [9.17, 15) is 4.79 Å². The molecule has 106 valence electrons. The Balaban J connectivity index is 2.72. The van der Waals surface area contributed by atoms with E-state index in [0.29, 0.717) is 6.54 Å². The monoisotopic (exact) mass is 327 g/mol. The molecule has 0 aliphatic rings. The smallest absolute Gasteiger partial charge is 0.312 e. The van der Waals surface area contributed by atoms with Crippen molar-refractivity contribution in [2.45, 2.75) is 27.3 Å². The molecule has 1 aromatic carbocycles. The number of benzene rings is 1. The summed E-state index contributed by atoms with van der Waals surface area (Å²) in [4.78, 5) is 13.8. The van der Waals surface area contributed by atoms with Crippen LogP contribution in [0, 0.1) is 12.3 Å². The predicted molar refractivity (Wildman–Crippen MR) is 81.0 cm³/mol. The highest BCUT2D eigenvalue weighted by Gasteiger charge is 2.30. The maximum atomic E-state index is 11.7. The van der Waals surface area contributed by atoms with Gasteiger partial charge in [-0.25, -0.2) is 0 Å². The van der Waals surface area contributed by atoms with Crippen molar-refractivity contribution in [3.8, 4) is 0 Å². The molecule has 0 saturated heterocycles. The van der Waals surface area contributed by atoms with E-state index in [1.54, 1.807) is 0 Å². The first-order valence-corrected chi connectivity index (χ1v) is 7.07. The number of hydrogen-bond donors (Lipinski definition) is 0. The maximum Gasteiger partial charge on any atom is 0.312 e. The van der Waals surface area contributed by atoms with Crippen LogP contribution in [0.25, 0.3) is 0 Å². The highest BCUT2D eigenvalue weighted by molar-refractivity contribution is 9.10. The Morgan fingerprint density at radius 1 is 1.42 bits per heavy atom. The Morgan fingerprint density at radius 2 is 2.05 bits per heavy atom. The summed E-state index contributed by atoms with van der Waals surface area (Å²) < 4.78 is 5.91. The first-order chi connectivity index (χ1) is 8.76. The molecule has 0 atom stereocenters. The first-order valence-electron chi connectivity index (χ1n) is 6.28. The van der Waals surface area contributed by atoms with Gasteiger partial charge in [-0.2, -0.15) is 0 Å². The van der Waals surface area contributed by atoms with Gasteiger partial charge in [-0.15, -0.1) is 0 Å². The summed E-state index contributed by atoms with van der Waals surface area (Å²) in [6.45, 7) is 7.38. The fourth-order valence-electron chi connectivity index (χ4n) is 2.17. The van der Waals surface area contributed by atoms with Crippen molar-refractivity contribution < 1.29 is 9.53 Å². The van der Waals surface area contributed by atoms with Gasteiger partial charge >= 0.3 is 5.97 Å². The zero-order valence-electron chi connectivity index (χ0n) is 12.3. The number of hydrogen-bond acceptors (Lipinski definition) is 3. The van der Waals surface area contributed by atoms with E-state index in [-0.39, 0.29) is 5.97 Å². The van der Waals surface area contributed by atoms with Gasteiger partial charge in [0.2, 0.25) is 0 Å². The molecule has 0 unspecified atom stereocenters. The molecule has 0 N–H and O–H groups in total. The molecule has 1 aromatic rings. The second-order valence-corrected chi connectivity index (χ2v) is 6.53. The van der Waals surface area contributed by atoms with Crippen LogP contribution < -0.4 is 0 Å². The number of ether oxygens (including phenoxy) is 1. The summed E-state index contributed by atoms with van der Waals surface area (Å²) in [6, 6.07) is 6.26. The van der Waals surface area contributed by atoms with Crippen molar-refractivity contribution in [3.63, 3.8) is 0 Å². The van der Waals surface area contributed by atoms with Gasteiger partial charge in [-0.1, -0.05) is 22.0 Å². The summed E-state index contributed by atoms with van der Waals surface area (Å²) in [5.41, 5.74) is 2.02. The SMILES string of the molecule is COC(=O)C(C)(C)CN(C)Cc1cc(Br)ccc1C. The lowest BCUT2D eigenvalue weighted by Gasteiger charge is -2.28. The Hall–Kier alpha value is -0.870. The molecule has 4 heteroatoms. The van der Waals surface area contributed by atoms with E-state index in [0.717, 1.165) is 11.0 Å². The number of rotatable bonds is 5. The van der Waals surface area contributed by atoms with Crippen molar-refractivity contribution in [1.29, 1.82) is 0 Å². The number of esters is 1. The molecule has 1 rings (SSSR count). The molecule has 3 nitrogen and oxygen atoms in total. The largest absolute Gasteiger partial charge is 0.469 e. The van der Waals surface area contributed by atoms with Gasteiger partial charge in [-0.3, -0.25) is 4.79 Å². The molecule has 19 heavy (non-hydrogen) atoms. The van der Waals surface area contributed by atoms with Gasteiger partial charge in [0.05, 0.1) is 12.5 Å². The minimum atomic E-state index is -0.497. The third kappa shape index (κ3) is 4.62. The van der Waals surface area contributed by atoms with Crippen LogP contribution in [0.4, 0.5) is 0 Å². The molecular weight excluding hydrogens is 306 g/mol. The van der Waals surface area contributed by atoms with Crippen LogP contribution in [0.3, 0.4) is 0 Å². The van der Waals surface area contributed by atoms with Gasteiger partial charge in [-0.05, 0) is 51.1 Å². The van der Waals surface area contributed by atoms with E-state index in [1.807, 2.05) is 27.0 Å². The van der Waals surface area contributed by atoms with E-state index in [2.05, 4.69) is 39.9 Å². The third-order valence-electron chi connectivity index (χ3n) is 3.15. The van der Waals surface area contributed by atoms with Gasteiger partial charge in [0.1, 0.15) is 0 Å². The maximum absolute atomic E-state index is 11.7. The van der Waals surface area contributed by atoms with Crippen molar-refractivity contribution in [1.82, 2.24) is 4.90 Å². The normalized spacial score (nSPS) is 11.7. The van der Waals surface area contributed by atoms with Crippen LogP contribution in [0.15, 0.2) is 22.7 Å². The fourth-order valence-corrected chi connectivity index (χ4v) is 2.58. The van der Waals surface area contributed by atoms with Crippen LogP contribution in [0.2, 0.25) is 0 Å². The Labute approximate surface area is 124 Å². The summed E-state index contributed by atoms with van der Waals surface area (Å²) in [7, 11) is 3.45. The third-order valence-corrected chi connectivity index (χ3v) is 3.65. The zero-order chi connectivity index (χ0) is 14.6. The van der Waals surface area contributed by atoms with Crippen LogP contribution in [0.1, 0.15) is 25.0 Å². The minimum absolute atomic E-state index is 0.176.